The predicted molar refractivity (Wildman–Crippen MR) is 126 cm³/mol. The molecule has 3 rings (SSSR count). The van der Waals surface area contributed by atoms with E-state index in [1.54, 1.807) is 13.0 Å². The van der Waals surface area contributed by atoms with Gasteiger partial charge in [0.05, 0.1) is 23.2 Å². The Balaban J connectivity index is 1.95. The standard InChI is InChI=1S/C26H29F8N3O/c1-15-10-20(28)4-5-22(15)23-14-21(35-8-7-27)6-9-37(23)24(38)36(3)16(2)17-11-18(25(29,30)31)13-19(12-17)26(32,33)34/h4-5,10-13,16,21,23,35H,6-9,14H2,1-3H3. The number of hydrogen-bond donors (Lipinski definition) is 1. The number of carbonyl (C=O) groups excluding carboxylic acids is 1. The molecule has 0 radical (unpaired) electrons. The maximum absolute atomic E-state index is 13.8. The van der Waals surface area contributed by atoms with Gasteiger partial charge in [0.1, 0.15) is 12.5 Å². The van der Waals surface area contributed by atoms with Gasteiger partial charge in [-0.1, -0.05) is 6.07 Å². The molecule has 3 atom stereocenters. The first kappa shape index (κ1) is 29.7. The van der Waals surface area contributed by atoms with Gasteiger partial charge in [0.25, 0.3) is 0 Å². The topological polar surface area (TPSA) is 35.6 Å². The van der Waals surface area contributed by atoms with E-state index in [9.17, 15) is 39.9 Å². The molecule has 1 heterocycles. The maximum Gasteiger partial charge on any atom is 0.416 e. The summed E-state index contributed by atoms with van der Waals surface area (Å²) in [4.78, 5) is 16.2. The molecule has 1 saturated heterocycles. The van der Waals surface area contributed by atoms with Gasteiger partial charge in [0.2, 0.25) is 0 Å². The largest absolute Gasteiger partial charge is 0.416 e. The first-order chi connectivity index (χ1) is 17.6. The number of alkyl halides is 7. The number of carbonyl (C=O) groups is 1. The zero-order chi connectivity index (χ0) is 28.4. The van der Waals surface area contributed by atoms with E-state index in [0.29, 0.717) is 36.1 Å². The Labute approximate surface area is 215 Å². The molecule has 0 aliphatic carbocycles. The average Bonchev–Trinajstić information content (AvgIpc) is 2.84. The number of amides is 2. The van der Waals surface area contributed by atoms with Crippen LogP contribution in [-0.4, -0.2) is 48.7 Å². The molecule has 1 aliphatic rings. The summed E-state index contributed by atoms with van der Waals surface area (Å²) in [7, 11) is 1.31. The molecule has 38 heavy (non-hydrogen) atoms. The van der Waals surface area contributed by atoms with Gasteiger partial charge in [0.15, 0.2) is 0 Å². The quantitative estimate of drug-likeness (QED) is 0.391. The minimum absolute atomic E-state index is 0.0422. The van der Waals surface area contributed by atoms with Crippen LogP contribution in [-0.2, 0) is 12.4 Å². The van der Waals surface area contributed by atoms with Gasteiger partial charge >= 0.3 is 18.4 Å². The van der Waals surface area contributed by atoms with E-state index in [4.69, 9.17) is 0 Å². The summed E-state index contributed by atoms with van der Waals surface area (Å²) in [5, 5.41) is 3.07. The lowest BCUT2D eigenvalue weighted by atomic mass is 9.89. The van der Waals surface area contributed by atoms with Gasteiger partial charge in [0, 0.05) is 26.2 Å². The van der Waals surface area contributed by atoms with Gasteiger partial charge in [-0.15, -0.1) is 0 Å². The Kier molecular flexibility index (Phi) is 8.95. The van der Waals surface area contributed by atoms with E-state index in [1.165, 1.54) is 31.0 Å². The summed E-state index contributed by atoms with van der Waals surface area (Å²) in [5.41, 5.74) is -2.03. The number of benzene rings is 2. The zero-order valence-corrected chi connectivity index (χ0v) is 21.1. The fourth-order valence-corrected chi connectivity index (χ4v) is 4.76. The van der Waals surface area contributed by atoms with Crippen LogP contribution in [0, 0.1) is 12.7 Å². The second-order valence-corrected chi connectivity index (χ2v) is 9.48. The summed E-state index contributed by atoms with van der Waals surface area (Å²) < 4.78 is 107. The highest BCUT2D eigenvalue weighted by Gasteiger charge is 2.39. The number of nitrogens with one attached hydrogen (secondary N) is 1. The van der Waals surface area contributed by atoms with Crippen molar-refractivity contribution in [1.82, 2.24) is 15.1 Å². The number of piperidine rings is 1. The zero-order valence-electron chi connectivity index (χ0n) is 21.1. The summed E-state index contributed by atoms with van der Waals surface area (Å²) in [5.74, 6) is -0.470. The summed E-state index contributed by atoms with van der Waals surface area (Å²) in [6.07, 6.45) is -9.22. The molecular weight excluding hydrogens is 522 g/mol. The van der Waals surface area contributed by atoms with Crippen LogP contribution >= 0.6 is 0 Å². The molecule has 2 aromatic carbocycles. The van der Waals surface area contributed by atoms with Crippen LogP contribution in [0.15, 0.2) is 36.4 Å². The highest BCUT2D eigenvalue weighted by atomic mass is 19.4. The van der Waals surface area contributed by atoms with Gasteiger partial charge in [-0.05, 0) is 73.7 Å². The van der Waals surface area contributed by atoms with Crippen molar-refractivity contribution < 1.29 is 39.9 Å². The third-order valence-electron chi connectivity index (χ3n) is 6.94. The Morgan fingerprint density at radius 3 is 2.21 bits per heavy atom. The third-order valence-corrected chi connectivity index (χ3v) is 6.94. The molecule has 1 N–H and O–H groups in total. The second kappa shape index (κ2) is 11.5. The number of aryl methyl sites for hydroxylation is 1. The van der Waals surface area contributed by atoms with Crippen molar-refractivity contribution >= 4 is 6.03 Å². The molecule has 0 spiro atoms. The van der Waals surface area contributed by atoms with Crippen molar-refractivity contribution in [2.24, 2.45) is 0 Å². The molecule has 0 aromatic heterocycles. The van der Waals surface area contributed by atoms with Gasteiger partial charge in [-0.3, -0.25) is 0 Å². The number of nitrogens with zero attached hydrogens (tertiary/aromatic N) is 2. The molecule has 1 fully saturated rings. The Hall–Kier alpha value is -2.89. The highest BCUT2D eigenvalue weighted by molar-refractivity contribution is 5.75. The van der Waals surface area contributed by atoms with Crippen molar-refractivity contribution in [2.45, 2.75) is 57.2 Å². The Morgan fingerprint density at radius 2 is 1.68 bits per heavy atom. The normalized spacial score (nSPS) is 19.4. The number of urea groups is 1. The van der Waals surface area contributed by atoms with Crippen molar-refractivity contribution in [3.05, 3.63) is 70.0 Å². The van der Waals surface area contributed by atoms with Gasteiger partial charge < -0.3 is 15.1 Å². The summed E-state index contributed by atoms with van der Waals surface area (Å²) in [6.45, 7) is 2.74. The Bertz CT molecular complexity index is 1100. The van der Waals surface area contributed by atoms with Crippen LogP contribution in [0.5, 0.6) is 0 Å². The first-order valence-electron chi connectivity index (χ1n) is 12.0. The molecule has 0 bridgehead atoms. The minimum atomic E-state index is -5.02. The van der Waals surface area contributed by atoms with Crippen molar-refractivity contribution in [3.8, 4) is 0 Å². The number of halogens is 8. The van der Waals surface area contributed by atoms with Crippen LogP contribution in [0.4, 0.5) is 39.9 Å². The SMILES string of the molecule is Cc1cc(F)ccc1C1CC(NCCF)CCN1C(=O)N(C)C(C)c1cc(C(F)(F)F)cc(C(F)(F)F)c1. The lowest BCUT2D eigenvalue weighted by Gasteiger charge is -2.43. The van der Waals surface area contributed by atoms with E-state index < -0.39 is 54.1 Å². The number of likely N-dealkylation sites (tertiary alicyclic amines) is 1. The molecule has 3 unspecified atom stereocenters. The van der Waals surface area contributed by atoms with Gasteiger partial charge in [-0.25, -0.2) is 13.6 Å². The fourth-order valence-electron chi connectivity index (χ4n) is 4.76. The van der Waals surface area contributed by atoms with E-state index >= 15 is 0 Å². The summed E-state index contributed by atoms with van der Waals surface area (Å²) >= 11 is 0. The third kappa shape index (κ3) is 6.75. The first-order valence-corrected chi connectivity index (χ1v) is 12.0. The monoisotopic (exact) mass is 551 g/mol. The van der Waals surface area contributed by atoms with Crippen molar-refractivity contribution in [1.29, 1.82) is 0 Å². The number of hydrogen-bond acceptors (Lipinski definition) is 2. The minimum Gasteiger partial charge on any atom is -0.321 e. The van der Waals surface area contributed by atoms with Gasteiger partial charge in [-0.2, -0.15) is 26.3 Å². The van der Waals surface area contributed by atoms with Crippen molar-refractivity contribution in [2.75, 3.05) is 26.8 Å². The predicted octanol–water partition coefficient (Wildman–Crippen LogP) is 7.05. The smallest absolute Gasteiger partial charge is 0.321 e. The maximum atomic E-state index is 13.8. The van der Waals surface area contributed by atoms with E-state index in [0.717, 1.165) is 4.90 Å². The molecule has 2 amide bonds. The van der Waals surface area contributed by atoms with E-state index in [1.807, 2.05) is 0 Å². The van der Waals surface area contributed by atoms with Crippen LogP contribution < -0.4 is 5.32 Å². The van der Waals surface area contributed by atoms with Crippen LogP contribution in [0.2, 0.25) is 0 Å². The molecule has 210 valence electrons. The second-order valence-electron chi connectivity index (χ2n) is 9.48. The molecule has 1 aliphatic heterocycles. The molecule has 2 aromatic rings. The van der Waals surface area contributed by atoms with Crippen LogP contribution in [0.3, 0.4) is 0 Å². The molecule has 12 heteroatoms. The lowest BCUT2D eigenvalue weighted by molar-refractivity contribution is -0.143. The molecular formula is C26H29F8N3O. The highest BCUT2D eigenvalue weighted by Crippen LogP contribution is 2.39. The van der Waals surface area contributed by atoms with Crippen LogP contribution in [0.25, 0.3) is 0 Å². The van der Waals surface area contributed by atoms with E-state index in [-0.39, 0.29) is 30.8 Å². The van der Waals surface area contributed by atoms with E-state index in [2.05, 4.69) is 5.32 Å². The Morgan fingerprint density at radius 1 is 1.08 bits per heavy atom. The average molecular weight is 552 g/mol. The number of rotatable bonds is 6. The fraction of sp³-hybridized carbons (Fsp3) is 0.500. The summed E-state index contributed by atoms with van der Waals surface area (Å²) in [6, 6.07) is 2.89. The van der Waals surface area contributed by atoms with Crippen molar-refractivity contribution in [3.63, 3.8) is 0 Å². The molecule has 0 saturated carbocycles. The molecule has 4 nitrogen and oxygen atoms in total. The lowest BCUT2D eigenvalue weighted by Crippen LogP contribution is -2.51. The van der Waals surface area contributed by atoms with Crippen LogP contribution in [0.1, 0.15) is 59.7 Å².